The van der Waals surface area contributed by atoms with Gasteiger partial charge in [-0.15, -0.1) is 0 Å². The van der Waals surface area contributed by atoms with Crippen molar-refractivity contribution in [3.63, 3.8) is 0 Å². The highest BCUT2D eigenvalue weighted by molar-refractivity contribution is 6.02. The number of amidine groups is 1. The Morgan fingerprint density at radius 1 is 1.08 bits per heavy atom. The number of aromatic nitrogens is 2. The van der Waals surface area contributed by atoms with Gasteiger partial charge in [0.2, 0.25) is 0 Å². The molecule has 2 aliphatic rings. The number of anilines is 1. The molecule has 1 saturated heterocycles. The second-order valence-electron chi connectivity index (χ2n) is 11.4. The average Bonchev–Trinajstić information content (AvgIpc) is 3.48. The SMILES string of the molecule is CC(C)(C)[C@H]1C(N=C2N[C@H](Cc3ccccc3)CNc3cn(CCc4ccccc4)nc32)CCN1C(=O)O. The van der Waals surface area contributed by atoms with E-state index in [1.165, 1.54) is 11.1 Å². The van der Waals surface area contributed by atoms with E-state index in [0.717, 1.165) is 43.1 Å². The summed E-state index contributed by atoms with van der Waals surface area (Å²) in [6, 6.07) is 20.6. The zero-order valence-electron chi connectivity index (χ0n) is 22.5. The number of rotatable bonds is 6. The minimum absolute atomic E-state index is 0.119. The molecular weight excluding hydrogens is 476 g/mol. The lowest BCUT2D eigenvalue weighted by Crippen LogP contribution is -2.47. The summed E-state index contributed by atoms with van der Waals surface area (Å²) in [4.78, 5) is 18.8. The van der Waals surface area contributed by atoms with Gasteiger partial charge in [-0.25, -0.2) is 4.79 Å². The maximum Gasteiger partial charge on any atom is 0.407 e. The van der Waals surface area contributed by atoms with Gasteiger partial charge in [0.25, 0.3) is 0 Å². The fraction of sp³-hybridized carbons (Fsp3) is 0.433. The summed E-state index contributed by atoms with van der Waals surface area (Å²) in [7, 11) is 0. The fourth-order valence-electron chi connectivity index (χ4n) is 5.73. The van der Waals surface area contributed by atoms with Crippen molar-refractivity contribution in [2.75, 3.05) is 18.4 Å². The van der Waals surface area contributed by atoms with Crippen LogP contribution in [0.4, 0.5) is 10.5 Å². The highest BCUT2D eigenvalue weighted by Gasteiger charge is 2.44. The van der Waals surface area contributed by atoms with E-state index in [1.54, 1.807) is 4.90 Å². The van der Waals surface area contributed by atoms with Gasteiger partial charge in [-0.2, -0.15) is 5.10 Å². The minimum Gasteiger partial charge on any atom is -0.465 e. The average molecular weight is 515 g/mol. The molecular formula is C30H38N6O2. The van der Waals surface area contributed by atoms with Gasteiger partial charge in [-0.1, -0.05) is 81.4 Å². The molecule has 8 heteroatoms. The number of hydrogen-bond acceptors (Lipinski definition) is 4. The van der Waals surface area contributed by atoms with Gasteiger partial charge in [0.05, 0.1) is 17.8 Å². The van der Waals surface area contributed by atoms with E-state index in [9.17, 15) is 9.90 Å². The molecule has 0 radical (unpaired) electrons. The Morgan fingerprint density at radius 3 is 2.42 bits per heavy atom. The number of nitrogens with zero attached hydrogens (tertiary/aromatic N) is 4. The summed E-state index contributed by atoms with van der Waals surface area (Å²) in [6.45, 7) is 8.27. The van der Waals surface area contributed by atoms with Crippen LogP contribution >= 0.6 is 0 Å². The van der Waals surface area contributed by atoms with Crippen LogP contribution in [0.3, 0.4) is 0 Å². The van der Waals surface area contributed by atoms with Crippen molar-refractivity contribution in [1.29, 1.82) is 0 Å². The van der Waals surface area contributed by atoms with E-state index in [-0.39, 0.29) is 23.5 Å². The van der Waals surface area contributed by atoms with Gasteiger partial charge in [0, 0.05) is 31.9 Å². The number of nitrogens with one attached hydrogen (secondary N) is 2. The first kappa shape index (κ1) is 25.8. The molecule has 3 heterocycles. The van der Waals surface area contributed by atoms with E-state index in [0.29, 0.717) is 13.0 Å². The molecule has 5 rings (SSSR count). The van der Waals surface area contributed by atoms with Gasteiger partial charge in [-0.05, 0) is 35.8 Å². The van der Waals surface area contributed by atoms with Crippen molar-refractivity contribution in [3.05, 3.63) is 83.7 Å². The van der Waals surface area contributed by atoms with Crippen molar-refractivity contribution in [1.82, 2.24) is 20.0 Å². The number of benzene rings is 2. The van der Waals surface area contributed by atoms with Gasteiger partial charge in [-0.3, -0.25) is 9.67 Å². The van der Waals surface area contributed by atoms with E-state index < -0.39 is 6.09 Å². The predicted octanol–water partition coefficient (Wildman–Crippen LogP) is 4.67. The Hall–Kier alpha value is -3.81. The van der Waals surface area contributed by atoms with Crippen molar-refractivity contribution in [2.45, 2.75) is 64.7 Å². The molecule has 3 N–H and O–H groups in total. The quantitative estimate of drug-likeness (QED) is 0.445. The predicted molar refractivity (Wildman–Crippen MR) is 151 cm³/mol. The van der Waals surface area contributed by atoms with E-state index >= 15 is 0 Å². The standard InChI is InChI=1S/C30H38N6O2/c1-30(2,3)27-24(15-17-36(27)29(37)38)33-28-26-25(20-35(34-26)16-14-21-10-6-4-7-11-21)31-19-23(32-28)18-22-12-8-5-9-13-22/h4-13,20,23-24,27,31H,14-19H2,1-3H3,(H,32,33)(H,37,38)/t23-,24?,27-/m1/s1. The zero-order chi connectivity index (χ0) is 26.7. The van der Waals surface area contributed by atoms with Crippen molar-refractivity contribution in [2.24, 2.45) is 10.4 Å². The molecule has 200 valence electrons. The lowest BCUT2D eigenvalue weighted by atomic mass is 9.83. The van der Waals surface area contributed by atoms with Crippen molar-refractivity contribution >= 4 is 17.6 Å². The number of carbonyl (C=O) groups is 1. The Balaban J connectivity index is 1.45. The molecule has 1 aromatic heterocycles. The van der Waals surface area contributed by atoms with Crippen LogP contribution in [0.15, 0.2) is 71.9 Å². The molecule has 1 fully saturated rings. The summed E-state index contributed by atoms with van der Waals surface area (Å²) in [5, 5.41) is 22.1. The number of aliphatic imine (C=N–C) groups is 1. The molecule has 1 unspecified atom stereocenters. The summed E-state index contributed by atoms with van der Waals surface area (Å²) < 4.78 is 1.98. The van der Waals surface area contributed by atoms with Crippen LogP contribution in [-0.2, 0) is 19.4 Å². The largest absolute Gasteiger partial charge is 0.465 e. The highest BCUT2D eigenvalue weighted by Crippen LogP contribution is 2.35. The topological polar surface area (TPSA) is 94.8 Å². The summed E-state index contributed by atoms with van der Waals surface area (Å²) >= 11 is 0. The number of likely N-dealkylation sites (tertiary alicyclic amines) is 1. The summed E-state index contributed by atoms with van der Waals surface area (Å²) in [5.41, 5.74) is 4.04. The number of fused-ring (bicyclic) bond motifs is 1. The lowest BCUT2D eigenvalue weighted by molar-refractivity contribution is 0.102. The van der Waals surface area contributed by atoms with Crippen molar-refractivity contribution in [3.8, 4) is 0 Å². The molecule has 0 spiro atoms. The highest BCUT2D eigenvalue weighted by atomic mass is 16.4. The van der Waals surface area contributed by atoms with Gasteiger partial charge < -0.3 is 20.6 Å². The fourth-order valence-corrected chi connectivity index (χ4v) is 5.73. The van der Waals surface area contributed by atoms with Gasteiger partial charge in [0.15, 0.2) is 11.5 Å². The first-order valence-corrected chi connectivity index (χ1v) is 13.5. The van der Waals surface area contributed by atoms with Crippen LogP contribution in [0.25, 0.3) is 0 Å². The van der Waals surface area contributed by atoms with Crippen LogP contribution in [-0.4, -0.2) is 62.9 Å². The first-order valence-electron chi connectivity index (χ1n) is 13.5. The molecule has 8 nitrogen and oxygen atoms in total. The smallest absolute Gasteiger partial charge is 0.407 e. The summed E-state index contributed by atoms with van der Waals surface area (Å²) in [6.07, 6.45) is 3.62. The van der Waals surface area contributed by atoms with Crippen molar-refractivity contribution < 1.29 is 9.90 Å². The van der Waals surface area contributed by atoms with Crippen LogP contribution in [0, 0.1) is 5.41 Å². The third-order valence-electron chi connectivity index (χ3n) is 7.46. The third-order valence-corrected chi connectivity index (χ3v) is 7.46. The number of amides is 1. The van der Waals surface area contributed by atoms with Crippen LogP contribution in [0.1, 0.15) is 44.0 Å². The molecule has 38 heavy (non-hydrogen) atoms. The number of aryl methyl sites for hydroxylation is 2. The minimum atomic E-state index is -0.879. The monoisotopic (exact) mass is 514 g/mol. The van der Waals surface area contributed by atoms with Crippen LogP contribution in [0.5, 0.6) is 0 Å². The van der Waals surface area contributed by atoms with E-state index in [1.807, 2.05) is 16.8 Å². The molecule has 1 amide bonds. The van der Waals surface area contributed by atoms with Crippen LogP contribution < -0.4 is 10.6 Å². The lowest BCUT2D eigenvalue weighted by Gasteiger charge is -2.35. The normalized spacial score (nSPS) is 22.4. The van der Waals surface area contributed by atoms with E-state index in [2.05, 4.69) is 86.1 Å². The second-order valence-corrected chi connectivity index (χ2v) is 11.4. The Kier molecular flexibility index (Phi) is 7.40. The van der Waals surface area contributed by atoms with Crippen LogP contribution in [0.2, 0.25) is 0 Å². The Bertz CT molecular complexity index is 1260. The molecule has 0 aliphatic carbocycles. The second kappa shape index (κ2) is 10.9. The molecule has 3 aromatic rings. The van der Waals surface area contributed by atoms with E-state index in [4.69, 9.17) is 10.1 Å². The summed E-state index contributed by atoms with van der Waals surface area (Å²) in [5.74, 6) is 0.746. The first-order chi connectivity index (χ1) is 18.3. The number of hydrogen-bond donors (Lipinski definition) is 3. The third kappa shape index (κ3) is 5.85. The molecule has 2 aliphatic heterocycles. The zero-order valence-corrected chi connectivity index (χ0v) is 22.5. The molecule has 0 saturated carbocycles. The Morgan fingerprint density at radius 2 is 1.76 bits per heavy atom. The maximum atomic E-state index is 12.0. The molecule has 2 aromatic carbocycles. The maximum absolute atomic E-state index is 12.0. The van der Waals surface area contributed by atoms with Gasteiger partial charge >= 0.3 is 6.09 Å². The Labute approximate surface area is 224 Å². The molecule has 0 bridgehead atoms. The molecule has 3 atom stereocenters. The van der Waals surface area contributed by atoms with Gasteiger partial charge in [0.1, 0.15) is 0 Å². The number of carboxylic acid groups (broad SMARTS) is 1.